The molecule has 0 aromatic heterocycles. The topological polar surface area (TPSA) is 12.0 Å². The second-order valence-electron chi connectivity index (χ2n) is 3.46. The summed E-state index contributed by atoms with van der Waals surface area (Å²) in [6, 6.07) is 0. The molecule has 0 aromatic carbocycles. The SMILES string of the molecule is IC1=CCC2(CC1)CNC2. The van der Waals surface area contributed by atoms with Crippen molar-refractivity contribution >= 4 is 22.6 Å². The maximum absolute atomic E-state index is 3.35. The summed E-state index contributed by atoms with van der Waals surface area (Å²) in [5, 5.41) is 3.35. The molecular weight excluding hydrogens is 237 g/mol. The molecule has 2 rings (SSSR count). The monoisotopic (exact) mass is 249 g/mol. The number of hydrogen-bond acceptors (Lipinski definition) is 1. The van der Waals surface area contributed by atoms with Crippen LogP contribution in [-0.2, 0) is 0 Å². The van der Waals surface area contributed by atoms with Gasteiger partial charge in [-0.2, -0.15) is 0 Å². The summed E-state index contributed by atoms with van der Waals surface area (Å²) in [6.07, 6.45) is 6.46. The van der Waals surface area contributed by atoms with E-state index in [0.29, 0.717) is 5.41 Å². The van der Waals surface area contributed by atoms with E-state index >= 15 is 0 Å². The predicted octanol–water partition coefficient (Wildman–Crippen LogP) is 2.08. The Kier molecular flexibility index (Phi) is 1.76. The van der Waals surface area contributed by atoms with Crippen molar-refractivity contribution in [3.8, 4) is 0 Å². The maximum Gasteiger partial charge on any atom is 0.00233 e. The summed E-state index contributed by atoms with van der Waals surface area (Å²) in [6.45, 7) is 2.51. The van der Waals surface area contributed by atoms with Crippen LogP contribution in [0.5, 0.6) is 0 Å². The molecule has 0 bridgehead atoms. The Morgan fingerprint density at radius 1 is 1.50 bits per heavy atom. The number of hydrogen-bond donors (Lipinski definition) is 1. The molecule has 10 heavy (non-hydrogen) atoms. The summed E-state index contributed by atoms with van der Waals surface area (Å²) in [5.74, 6) is 0. The normalized spacial score (nSPS) is 29.5. The van der Waals surface area contributed by atoms with Crippen LogP contribution in [0.4, 0.5) is 0 Å². The molecule has 2 heteroatoms. The third-order valence-corrected chi connectivity index (χ3v) is 3.63. The lowest BCUT2D eigenvalue weighted by molar-refractivity contribution is 0.151. The molecule has 0 amide bonds. The Morgan fingerprint density at radius 2 is 2.30 bits per heavy atom. The van der Waals surface area contributed by atoms with Crippen LogP contribution in [-0.4, -0.2) is 13.1 Å². The van der Waals surface area contributed by atoms with Gasteiger partial charge in [0.2, 0.25) is 0 Å². The van der Waals surface area contributed by atoms with Gasteiger partial charge in [-0.1, -0.05) is 6.08 Å². The van der Waals surface area contributed by atoms with Crippen molar-refractivity contribution in [2.45, 2.75) is 19.3 Å². The van der Waals surface area contributed by atoms with E-state index in [-0.39, 0.29) is 0 Å². The fourth-order valence-electron chi connectivity index (χ4n) is 1.72. The van der Waals surface area contributed by atoms with Crippen LogP contribution in [0.3, 0.4) is 0 Å². The first kappa shape index (κ1) is 7.10. The zero-order valence-electron chi connectivity index (χ0n) is 5.99. The van der Waals surface area contributed by atoms with E-state index in [4.69, 9.17) is 0 Å². The molecule has 0 radical (unpaired) electrons. The highest BCUT2D eigenvalue weighted by molar-refractivity contribution is 14.1. The molecule has 1 fully saturated rings. The second-order valence-corrected chi connectivity index (χ2v) is 4.84. The van der Waals surface area contributed by atoms with E-state index in [9.17, 15) is 0 Å². The van der Waals surface area contributed by atoms with E-state index in [0.717, 1.165) is 0 Å². The van der Waals surface area contributed by atoms with Crippen molar-refractivity contribution < 1.29 is 0 Å². The van der Waals surface area contributed by atoms with Gasteiger partial charge in [0, 0.05) is 13.1 Å². The van der Waals surface area contributed by atoms with Crippen molar-refractivity contribution in [2.24, 2.45) is 5.41 Å². The van der Waals surface area contributed by atoms with Crippen molar-refractivity contribution in [2.75, 3.05) is 13.1 Å². The van der Waals surface area contributed by atoms with Gasteiger partial charge in [-0.05, 0) is 50.8 Å². The molecule has 1 saturated heterocycles. The first-order chi connectivity index (χ1) is 4.81. The molecule has 1 aliphatic heterocycles. The Bertz CT molecular complexity index is 170. The lowest BCUT2D eigenvalue weighted by Gasteiger charge is -2.44. The van der Waals surface area contributed by atoms with Gasteiger partial charge in [-0.3, -0.25) is 0 Å². The average molecular weight is 249 g/mol. The van der Waals surface area contributed by atoms with Crippen molar-refractivity contribution in [3.63, 3.8) is 0 Å². The molecule has 2 aliphatic rings. The highest BCUT2D eigenvalue weighted by Gasteiger charge is 2.36. The maximum atomic E-state index is 3.35. The van der Waals surface area contributed by atoms with Crippen LogP contribution in [0.15, 0.2) is 9.66 Å². The standard InChI is InChI=1S/C8H12IN/c9-7-1-3-8(4-2-7)5-10-6-8/h1,10H,2-6H2. The third-order valence-electron chi connectivity index (χ3n) is 2.65. The molecule has 0 aromatic rings. The van der Waals surface area contributed by atoms with Gasteiger partial charge < -0.3 is 5.32 Å². The van der Waals surface area contributed by atoms with Crippen LogP contribution in [0.1, 0.15) is 19.3 Å². The van der Waals surface area contributed by atoms with Crippen LogP contribution in [0.2, 0.25) is 0 Å². The largest absolute Gasteiger partial charge is 0.316 e. The van der Waals surface area contributed by atoms with Crippen molar-refractivity contribution in [1.82, 2.24) is 5.32 Å². The molecule has 1 nitrogen and oxygen atoms in total. The number of halogens is 1. The molecule has 0 unspecified atom stereocenters. The van der Waals surface area contributed by atoms with E-state index < -0.39 is 0 Å². The average Bonchev–Trinajstić information content (AvgIpc) is 1.86. The van der Waals surface area contributed by atoms with Gasteiger partial charge in [0.05, 0.1) is 0 Å². The highest BCUT2D eigenvalue weighted by atomic mass is 127. The van der Waals surface area contributed by atoms with E-state index in [1.807, 2.05) is 0 Å². The Labute approximate surface area is 75.4 Å². The van der Waals surface area contributed by atoms with Gasteiger partial charge in [0.15, 0.2) is 0 Å². The summed E-state index contributed by atoms with van der Waals surface area (Å²) >= 11 is 2.45. The first-order valence-corrected chi connectivity index (χ1v) is 4.94. The minimum absolute atomic E-state index is 0.689. The van der Waals surface area contributed by atoms with Crippen LogP contribution in [0, 0.1) is 5.41 Å². The summed E-state index contributed by atoms with van der Waals surface area (Å²) in [7, 11) is 0. The molecule has 0 atom stereocenters. The molecular formula is C8H12IN. The van der Waals surface area contributed by atoms with Gasteiger partial charge >= 0.3 is 0 Å². The lowest BCUT2D eigenvalue weighted by atomic mass is 9.72. The fraction of sp³-hybridized carbons (Fsp3) is 0.750. The molecule has 0 saturated carbocycles. The molecule has 1 aliphatic carbocycles. The molecule has 1 spiro atoms. The molecule has 56 valence electrons. The van der Waals surface area contributed by atoms with Crippen molar-refractivity contribution in [1.29, 1.82) is 0 Å². The summed E-state index contributed by atoms with van der Waals surface area (Å²) in [4.78, 5) is 0. The number of allylic oxidation sites excluding steroid dienone is 2. The number of rotatable bonds is 0. The Balaban J connectivity index is 2.04. The van der Waals surface area contributed by atoms with Crippen molar-refractivity contribution in [3.05, 3.63) is 9.66 Å². The predicted molar refractivity (Wildman–Crippen MR) is 51.3 cm³/mol. The van der Waals surface area contributed by atoms with Crippen LogP contribution < -0.4 is 5.32 Å². The van der Waals surface area contributed by atoms with Gasteiger partial charge in [0.25, 0.3) is 0 Å². The summed E-state index contributed by atoms with van der Waals surface area (Å²) in [5.41, 5.74) is 0.689. The minimum Gasteiger partial charge on any atom is -0.316 e. The second kappa shape index (κ2) is 2.48. The quantitative estimate of drug-likeness (QED) is 0.648. The fourth-order valence-corrected chi connectivity index (χ4v) is 2.21. The molecule has 1 heterocycles. The lowest BCUT2D eigenvalue weighted by Crippen LogP contribution is -2.53. The number of nitrogens with one attached hydrogen (secondary N) is 1. The highest BCUT2D eigenvalue weighted by Crippen LogP contribution is 2.39. The molecule has 1 N–H and O–H groups in total. The van der Waals surface area contributed by atoms with Crippen LogP contribution >= 0.6 is 22.6 Å². The zero-order chi connectivity index (χ0) is 7.03. The Hall–Kier alpha value is 0.430. The third kappa shape index (κ3) is 1.11. The first-order valence-electron chi connectivity index (χ1n) is 3.86. The van der Waals surface area contributed by atoms with Gasteiger partial charge in [0.1, 0.15) is 0 Å². The van der Waals surface area contributed by atoms with E-state index in [1.165, 1.54) is 32.4 Å². The van der Waals surface area contributed by atoms with Gasteiger partial charge in [-0.15, -0.1) is 0 Å². The van der Waals surface area contributed by atoms with Crippen LogP contribution in [0.25, 0.3) is 0 Å². The minimum atomic E-state index is 0.689. The smallest absolute Gasteiger partial charge is 0.00233 e. The van der Waals surface area contributed by atoms with E-state index in [1.54, 1.807) is 3.58 Å². The van der Waals surface area contributed by atoms with Gasteiger partial charge in [-0.25, -0.2) is 0 Å². The van der Waals surface area contributed by atoms with E-state index in [2.05, 4.69) is 34.0 Å². The summed E-state index contributed by atoms with van der Waals surface area (Å²) < 4.78 is 1.56. The zero-order valence-corrected chi connectivity index (χ0v) is 8.15. The Morgan fingerprint density at radius 3 is 2.70 bits per heavy atom.